The lowest BCUT2D eigenvalue weighted by atomic mass is 9.75. The first kappa shape index (κ1) is 20.4. The molecule has 8 heteroatoms. The van der Waals surface area contributed by atoms with Crippen molar-refractivity contribution in [3.05, 3.63) is 46.0 Å². The normalized spacial score (nSPS) is 27.5. The second-order valence-corrected chi connectivity index (χ2v) is 10.2. The molecule has 2 atom stereocenters. The van der Waals surface area contributed by atoms with E-state index < -0.39 is 5.97 Å². The van der Waals surface area contributed by atoms with Crippen molar-refractivity contribution in [1.82, 2.24) is 19.5 Å². The van der Waals surface area contributed by atoms with E-state index in [0.29, 0.717) is 34.9 Å². The molecule has 8 nitrogen and oxygen atoms in total. The molecule has 7 rings (SSSR count). The number of ether oxygens (including phenoxy) is 1. The number of carbonyl (C=O) groups is 1. The summed E-state index contributed by atoms with van der Waals surface area (Å²) >= 11 is 0. The smallest absolute Gasteiger partial charge is 0.307 e. The molecule has 2 N–H and O–H groups in total. The SMILES string of the molecule is CCCn1c(Oc2ccc(CC(=O)O)cc2)nc2nc(C34CC5CC(CC3C5)C4)[nH]c2c1=O. The summed E-state index contributed by atoms with van der Waals surface area (Å²) in [6.45, 7) is 2.49. The van der Waals surface area contributed by atoms with Crippen LogP contribution in [0.15, 0.2) is 29.1 Å². The molecule has 0 aliphatic heterocycles. The van der Waals surface area contributed by atoms with Gasteiger partial charge in [-0.1, -0.05) is 19.1 Å². The van der Waals surface area contributed by atoms with Crippen molar-refractivity contribution in [1.29, 1.82) is 0 Å². The van der Waals surface area contributed by atoms with Crippen LogP contribution in [-0.2, 0) is 23.2 Å². The number of rotatable bonds is 7. The molecule has 172 valence electrons. The van der Waals surface area contributed by atoms with Crippen molar-refractivity contribution in [2.75, 3.05) is 0 Å². The highest BCUT2D eigenvalue weighted by Crippen LogP contribution is 2.65. The van der Waals surface area contributed by atoms with Crippen molar-refractivity contribution >= 4 is 17.1 Å². The van der Waals surface area contributed by atoms with Gasteiger partial charge in [-0.2, -0.15) is 4.98 Å². The molecule has 4 fully saturated rings. The topological polar surface area (TPSA) is 110 Å². The zero-order valence-corrected chi connectivity index (χ0v) is 18.7. The second-order valence-electron chi connectivity index (χ2n) is 10.2. The highest BCUT2D eigenvalue weighted by molar-refractivity contribution is 5.71. The molecule has 4 saturated carbocycles. The number of aromatic amines is 1. The molecule has 33 heavy (non-hydrogen) atoms. The number of hydrogen-bond donors (Lipinski definition) is 2. The van der Waals surface area contributed by atoms with Crippen molar-refractivity contribution in [3.8, 4) is 11.8 Å². The van der Waals surface area contributed by atoms with E-state index in [9.17, 15) is 9.59 Å². The summed E-state index contributed by atoms with van der Waals surface area (Å²) in [5.41, 5.74) is 1.48. The summed E-state index contributed by atoms with van der Waals surface area (Å²) in [5, 5.41) is 8.96. The fraction of sp³-hybridized carbons (Fsp3) is 0.520. The average molecular weight is 449 g/mol. The predicted molar refractivity (Wildman–Crippen MR) is 122 cm³/mol. The van der Waals surface area contributed by atoms with Crippen molar-refractivity contribution < 1.29 is 14.6 Å². The van der Waals surface area contributed by atoms with Gasteiger partial charge in [-0.05, 0) is 74.0 Å². The number of benzene rings is 1. The van der Waals surface area contributed by atoms with Gasteiger partial charge in [0, 0.05) is 12.0 Å². The fourth-order valence-electron chi connectivity index (χ4n) is 6.84. The quantitative estimate of drug-likeness (QED) is 0.565. The van der Waals surface area contributed by atoms with Crippen molar-refractivity contribution in [2.24, 2.45) is 17.8 Å². The van der Waals surface area contributed by atoms with E-state index in [1.54, 1.807) is 28.8 Å². The van der Waals surface area contributed by atoms with E-state index in [0.717, 1.165) is 24.1 Å². The molecule has 0 radical (unpaired) electrons. The van der Waals surface area contributed by atoms with Crippen LogP contribution in [0.1, 0.15) is 56.8 Å². The van der Waals surface area contributed by atoms with E-state index in [1.807, 2.05) is 6.92 Å². The van der Waals surface area contributed by atoms with Gasteiger partial charge in [0.05, 0.1) is 6.42 Å². The molecular formula is C25H28N4O4. The maximum atomic E-state index is 13.4. The Bertz CT molecular complexity index is 1280. The molecule has 0 spiro atoms. The Labute approximate surface area is 191 Å². The number of H-pyrrole nitrogens is 1. The van der Waals surface area contributed by atoms with Gasteiger partial charge in [0.15, 0.2) is 11.2 Å². The standard InChI is InChI=1S/C25H28N4O4/c1-2-7-29-22(32)20-21(28-24(29)33-18-5-3-14(4-6-18)11-19(30)31)27-23(26-20)25-12-15-8-16(13-25)10-17(25)9-15/h3-6,15-17H,2,7-13H2,1H3,(H,26,27)(H,30,31). The lowest BCUT2D eigenvalue weighted by Crippen LogP contribution is -2.29. The summed E-state index contributed by atoms with van der Waals surface area (Å²) in [4.78, 5) is 37.3. The molecule has 0 saturated heterocycles. The molecule has 0 amide bonds. The maximum absolute atomic E-state index is 13.4. The summed E-state index contributed by atoms with van der Waals surface area (Å²) in [6.07, 6.45) is 6.97. The third-order valence-electron chi connectivity index (χ3n) is 7.97. The van der Waals surface area contributed by atoms with Crippen LogP contribution >= 0.6 is 0 Å². The first-order chi connectivity index (χ1) is 15.9. The van der Waals surface area contributed by atoms with Crippen LogP contribution in [0, 0.1) is 17.8 Å². The monoisotopic (exact) mass is 448 g/mol. The van der Waals surface area contributed by atoms with Gasteiger partial charge in [0.2, 0.25) is 0 Å². The number of nitrogens with one attached hydrogen (secondary N) is 1. The number of aliphatic carboxylic acids is 1. The third kappa shape index (κ3) is 3.26. The van der Waals surface area contributed by atoms with E-state index >= 15 is 0 Å². The number of carboxylic acids is 1. The summed E-state index contributed by atoms with van der Waals surface area (Å²) in [6, 6.07) is 7.04. The number of fused-ring (bicyclic) bond motifs is 1. The minimum atomic E-state index is -0.884. The Morgan fingerprint density at radius 2 is 1.91 bits per heavy atom. The molecule has 1 aromatic carbocycles. The first-order valence-electron chi connectivity index (χ1n) is 11.9. The zero-order chi connectivity index (χ0) is 22.7. The largest absolute Gasteiger partial charge is 0.481 e. The molecule has 2 heterocycles. The molecule has 2 unspecified atom stereocenters. The Morgan fingerprint density at radius 1 is 1.18 bits per heavy atom. The number of hydrogen-bond acceptors (Lipinski definition) is 5. The number of imidazole rings is 1. The fourth-order valence-corrected chi connectivity index (χ4v) is 6.84. The van der Waals surface area contributed by atoms with Gasteiger partial charge in [-0.3, -0.25) is 14.2 Å². The molecule has 3 aromatic rings. The van der Waals surface area contributed by atoms with E-state index in [2.05, 4.69) is 9.97 Å². The minimum absolute atomic E-state index is 0.0501. The highest BCUT2D eigenvalue weighted by atomic mass is 16.5. The predicted octanol–water partition coefficient (Wildman–Crippen LogP) is 4.03. The minimum Gasteiger partial charge on any atom is -0.481 e. The number of aromatic nitrogens is 4. The van der Waals surface area contributed by atoms with Crippen LogP contribution in [-0.4, -0.2) is 30.6 Å². The highest BCUT2D eigenvalue weighted by Gasteiger charge is 2.59. The van der Waals surface area contributed by atoms with Gasteiger partial charge >= 0.3 is 12.0 Å². The third-order valence-corrected chi connectivity index (χ3v) is 7.97. The van der Waals surface area contributed by atoms with Crippen molar-refractivity contribution in [3.63, 3.8) is 0 Å². The molecule has 4 aliphatic rings. The Kier molecular flexibility index (Phi) is 4.61. The van der Waals surface area contributed by atoms with Crippen LogP contribution in [0.5, 0.6) is 11.8 Å². The summed E-state index contributed by atoms with van der Waals surface area (Å²) in [5.74, 6) is 2.81. The van der Waals surface area contributed by atoms with E-state index in [4.69, 9.17) is 14.8 Å². The van der Waals surface area contributed by atoms with Crippen LogP contribution in [0.4, 0.5) is 0 Å². The van der Waals surface area contributed by atoms with Crippen LogP contribution in [0.25, 0.3) is 11.2 Å². The lowest BCUT2D eigenvalue weighted by molar-refractivity contribution is -0.136. The zero-order valence-electron chi connectivity index (χ0n) is 18.7. The van der Waals surface area contributed by atoms with Gasteiger partial charge < -0.3 is 14.8 Å². The Balaban J connectivity index is 1.38. The van der Waals surface area contributed by atoms with Crippen molar-refractivity contribution in [2.45, 2.75) is 63.8 Å². The lowest BCUT2D eigenvalue weighted by Gasteiger charge is -2.30. The molecule has 2 aromatic heterocycles. The maximum Gasteiger partial charge on any atom is 0.307 e. The number of carboxylic acid groups (broad SMARTS) is 1. The molecular weight excluding hydrogens is 420 g/mol. The summed E-state index contributed by atoms with van der Waals surface area (Å²) in [7, 11) is 0. The Morgan fingerprint density at radius 3 is 2.58 bits per heavy atom. The first-order valence-corrected chi connectivity index (χ1v) is 11.9. The van der Waals surface area contributed by atoms with Gasteiger partial charge in [0.1, 0.15) is 11.6 Å². The van der Waals surface area contributed by atoms with Crippen LogP contribution in [0.3, 0.4) is 0 Å². The van der Waals surface area contributed by atoms with Crippen LogP contribution in [0.2, 0.25) is 0 Å². The van der Waals surface area contributed by atoms with E-state index in [1.165, 1.54) is 32.1 Å². The molecule has 4 bridgehead atoms. The van der Waals surface area contributed by atoms with Crippen LogP contribution < -0.4 is 10.3 Å². The second kappa shape index (κ2) is 7.43. The average Bonchev–Trinajstić information content (AvgIpc) is 3.39. The van der Waals surface area contributed by atoms with Gasteiger partial charge in [0.25, 0.3) is 5.56 Å². The van der Waals surface area contributed by atoms with E-state index in [-0.39, 0.29) is 23.4 Å². The Hall–Kier alpha value is -3.16. The van der Waals surface area contributed by atoms with Gasteiger partial charge in [-0.25, -0.2) is 4.98 Å². The number of nitrogens with zero attached hydrogens (tertiary/aromatic N) is 3. The van der Waals surface area contributed by atoms with Gasteiger partial charge in [-0.15, -0.1) is 0 Å². The molecule has 4 aliphatic carbocycles. The summed E-state index contributed by atoms with van der Waals surface area (Å²) < 4.78 is 7.57.